The highest BCUT2D eigenvalue weighted by Crippen LogP contribution is 2.24. The summed E-state index contributed by atoms with van der Waals surface area (Å²) >= 11 is 0. The van der Waals surface area contributed by atoms with Crippen molar-refractivity contribution in [1.29, 1.82) is 0 Å². The maximum Gasteiger partial charge on any atom is 0.315 e. The van der Waals surface area contributed by atoms with E-state index in [2.05, 4.69) is 15.6 Å². The van der Waals surface area contributed by atoms with E-state index in [0.29, 0.717) is 19.7 Å². The summed E-state index contributed by atoms with van der Waals surface area (Å²) in [6, 6.07) is 17.5. The number of ether oxygens (including phenoxy) is 1. The van der Waals surface area contributed by atoms with Crippen molar-refractivity contribution in [3.8, 4) is 5.75 Å². The smallest absolute Gasteiger partial charge is 0.315 e. The summed E-state index contributed by atoms with van der Waals surface area (Å²) < 4.78 is 5.78. The lowest BCUT2D eigenvalue weighted by atomic mass is 10.1. The van der Waals surface area contributed by atoms with Crippen LogP contribution in [0.4, 0.5) is 4.79 Å². The molecule has 0 bridgehead atoms. The summed E-state index contributed by atoms with van der Waals surface area (Å²) in [5.74, 6) is 0.825. The number of benzene rings is 2. The molecular formula is C19H19N3O2. The fourth-order valence-electron chi connectivity index (χ4n) is 2.39. The third kappa shape index (κ3) is 4.23. The molecule has 5 nitrogen and oxygen atoms in total. The van der Waals surface area contributed by atoms with Gasteiger partial charge in [0.15, 0.2) is 0 Å². The Labute approximate surface area is 140 Å². The molecule has 0 saturated heterocycles. The van der Waals surface area contributed by atoms with E-state index in [4.69, 9.17) is 4.74 Å². The molecule has 1 aromatic heterocycles. The van der Waals surface area contributed by atoms with Crippen LogP contribution in [0.3, 0.4) is 0 Å². The van der Waals surface area contributed by atoms with Gasteiger partial charge in [-0.15, -0.1) is 0 Å². The van der Waals surface area contributed by atoms with Crippen LogP contribution in [0.25, 0.3) is 10.8 Å². The van der Waals surface area contributed by atoms with Gasteiger partial charge in [-0.2, -0.15) is 0 Å². The molecule has 3 aromatic rings. The summed E-state index contributed by atoms with van der Waals surface area (Å²) in [6.07, 6.45) is 3.43. The van der Waals surface area contributed by atoms with Gasteiger partial charge in [0, 0.05) is 24.3 Å². The third-order valence-electron chi connectivity index (χ3n) is 3.57. The van der Waals surface area contributed by atoms with E-state index in [0.717, 1.165) is 22.1 Å². The van der Waals surface area contributed by atoms with Gasteiger partial charge in [-0.05, 0) is 23.1 Å². The average molecular weight is 321 g/mol. The quantitative estimate of drug-likeness (QED) is 0.686. The van der Waals surface area contributed by atoms with Gasteiger partial charge in [0.1, 0.15) is 12.4 Å². The van der Waals surface area contributed by atoms with E-state index in [1.807, 2.05) is 54.6 Å². The van der Waals surface area contributed by atoms with E-state index in [-0.39, 0.29) is 6.03 Å². The topological polar surface area (TPSA) is 63.2 Å². The van der Waals surface area contributed by atoms with Crippen molar-refractivity contribution in [2.45, 2.75) is 6.54 Å². The summed E-state index contributed by atoms with van der Waals surface area (Å²) in [7, 11) is 0. The number of nitrogens with zero attached hydrogens (tertiary/aromatic N) is 1. The molecular weight excluding hydrogens is 302 g/mol. The highest BCUT2D eigenvalue weighted by atomic mass is 16.5. The molecule has 0 fully saturated rings. The average Bonchev–Trinajstić information content (AvgIpc) is 2.64. The van der Waals surface area contributed by atoms with Crippen LogP contribution >= 0.6 is 0 Å². The van der Waals surface area contributed by atoms with Crippen LogP contribution in [-0.4, -0.2) is 24.2 Å². The minimum atomic E-state index is -0.222. The van der Waals surface area contributed by atoms with Gasteiger partial charge in [-0.25, -0.2) is 4.79 Å². The van der Waals surface area contributed by atoms with Crippen LogP contribution in [-0.2, 0) is 6.54 Å². The fourth-order valence-corrected chi connectivity index (χ4v) is 2.39. The Balaban J connectivity index is 1.42. The van der Waals surface area contributed by atoms with Crippen molar-refractivity contribution in [3.05, 3.63) is 72.6 Å². The molecule has 0 aliphatic rings. The highest BCUT2D eigenvalue weighted by Gasteiger charge is 2.02. The lowest BCUT2D eigenvalue weighted by Gasteiger charge is -2.11. The lowest BCUT2D eigenvalue weighted by molar-refractivity contribution is 0.236. The first-order valence-corrected chi connectivity index (χ1v) is 7.84. The van der Waals surface area contributed by atoms with E-state index in [9.17, 15) is 4.79 Å². The third-order valence-corrected chi connectivity index (χ3v) is 3.57. The van der Waals surface area contributed by atoms with Crippen molar-refractivity contribution >= 4 is 16.8 Å². The second kappa shape index (κ2) is 7.97. The van der Waals surface area contributed by atoms with Crippen LogP contribution < -0.4 is 15.4 Å². The van der Waals surface area contributed by atoms with Crippen molar-refractivity contribution in [2.24, 2.45) is 0 Å². The molecule has 24 heavy (non-hydrogen) atoms. The van der Waals surface area contributed by atoms with Gasteiger partial charge in [0.25, 0.3) is 0 Å². The van der Waals surface area contributed by atoms with Gasteiger partial charge in [0.05, 0.1) is 6.54 Å². The van der Waals surface area contributed by atoms with E-state index < -0.39 is 0 Å². The number of amides is 2. The zero-order valence-electron chi connectivity index (χ0n) is 13.2. The summed E-state index contributed by atoms with van der Waals surface area (Å²) in [4.78, 5) is 15.7. The van der Waals surface area contributed by atoms with Crippen LogP contribution in [0.15, 0.2) is 67.0 Å². The zero-order chi connectivity index (χ0) is 16.6. The van der Waals surface area contributed by atoms with Crippen molar-refractivity contribution in [2.75, 3.05) is 13.2 Å². The lowest BCUT2D eigenvalue weighted by Crippen LogP contribution is -2.37. The molecule has 0 spiro atoms. The van der Waals surface area contributed by atoms with Gasteiger partial charge < -0.3 is 15.4 Å². The molecule has 5 heteroatoms. The maximum atomic E-state index is 11.7. The van der Waals surface area contributed by atoms with E-state index in [1.54, 1.807) is 12.4 Å². The van der Waals surface area contributed by atoms with Crippen molar-refractivity contribution in [1.82, 2.24) is 15.6 Å². The summed E-state index contributed by atoms with van der Waals surface area (Å²) in [6.45, 7) is 1.29. The summed E-state index contributed by atoms with van der Waals surface area (Å²) in [5.41, 5.74) is 0.958. The monoisotopic (exact) mass is 321 g/mol. The standard InChI is InChI=1S/C19H19N3O2/c23-19(22-14-15-5-4-10-20-13-15)21-11-12-24-18-9-3-7-16-6-1-2-8-17(16)18/h1-10,13H,11-12,14H2,(H2,21,22,23). The Kier molecular flexibility index (Phi) is 5.24. The molecule has 0 radical (unpaired) electrons. The predicted molar refractivity (Wildman–Crippen MR) is 93.9 cm³/mol. The number of nitrogens with one attached hydrogen (secondary N) is 2. The zero-order valence-corrected chi connectivity index (χ0v) is 13.2. The molecule has 0 unspecified atom stereocenters. The highest BCUT2D eigenvalue weighted by molar-refractivity contribution is 5.88. The first-order chi connectivity index (χ1) is 11.8. The molecule has 1 heterocycles. The number of aromatic nitrogens is 1. The Hall–Kier alpha value is -3.08. The van der Waals surface area contributed by atoms with Gasteiger partial charge in [-0.1, -0.05) is 42.5 Å². The van der Waals surface area contributed by atoms with Crippen molar-refractivity contribution < 1.29 is 9.53 Å². The van der Waals surface area contributed by atoms with Crippen LogP contribution in [0.1, 0.15) is 5.56 Å². The predicted octanol–water partition coefficient (Wildman–Crippen LogP) is 3.11. The van der Waals surface area contributed by atoms with Crippen LogP contribution in [0.2, 0.25) is 0 Å². The first-order valence-electron chi connectivity index (χ1n) is 7.84. The van der Waals surface area contributed by atoms with Crippen LogP contribution in [0, 0.1) is 0 Å². The van der Waals surface area contributed by atoms with Crippen LogP contribution in [0.5, 0.6) is 5.75 Å². The number of hydrogen-bond donors (Lipinski definition) is 2. The first kappa shape index (κ1) is 15.8. The molecule has 3 rings (SSSR count). The number of urea groups is 1. The number of hydrogen-bond acceptors (Lipinski definition) is 3. The second-order valence-electron chi connectivity index (χ2n) is 5.30. The van der Waals surface area contributed by atoms with E-state index in [1.165, 1.54) is 0 Å². The molecule has 2 amide bonds. The minimum Gasteiger partial charge on any atom is -0.491 e. The Morgan fingerprint density at radius 3 is 2.75 bits per heavy atom. The summed E-state index contributed by atoms with van der Waals surface area (Å²) in [5, 5.41) is 7.76. The maximum absolute atomic E-state index is 11.7. The molecule has 0 aliphatic carbocycles. The molecule has 122 valence electrons. The Bertz CT molecular complexity index is 801. The number of pyridine rings is 1. The van der Waals surface area contributed by atoms with Gasteiger partial charge in [-0.3, -0.25) is 4.98 Å². The number of rotatable bonds is 6. The molecule has 0 saturated carbocycles. The Morgan fingerprint density at radius 1 is 1.00 bits per heavy atom. The molecule has 2 N–H and O–H groups in total. The van der Waals surface area contributed by atoms with Gasteiger partial charge in [0.2, 0.25) is 0 Å². The van der Waals surface area contributed by atoms with Crippen molar-refractivity contribution in [3.63, 3.8) is 0 Å². The van der Waals surface area contributed by atoms with Gasteiger partial charge >= 0.3 is 6.03 Å². The fraction of sp³-hybridized carbons (Fsp3) is 0.158. The normalized spacial score (nSPS) is 10.3. The SMILES string of the molecule is O=C(NCCOc1cccc2ccccc12)NCc1cccnc1. The second-order valence-corrected chi connectivity index (χ2v) is 5.30. The number of fused-ring (bicyclic) bond motifs is 1. The largest absolute Gasteiger partial charge is 0.491 e. The number of carbonyl (C=O) groups is 1. The number of carbonyl (C=O) groups excluding carboxylic acids is 1. The minimum absolute atomic E-state index is 0.222. The molecule has 0 aliphatic heterocycles. The Morgan fingerprint density at radius 2 is 1.88 bits per heavy atom. The molecule has 2 aromatic carbocycles. The van der Waals surface area contributed by atoms with E-state index >= 15 is 0 Å². The molecule has 0 atom stereocenters.